The molecule has 2 aromatic heterocycles. The molecule has 2 N–H and O–H groups in total. The molecule has 2 saturated heterocycles. The normalized spacial score (nSPS) is 20.3. The van der Waals surface area contributed by atoms with Crippen LogP contribution in [0.25, 0.3) is 5.70 Å². The van der Waals surface area contributed by atoms with Gasteiger partial charge >= 0.3 is 0 Å². The number of ether oxygens (including phenoxy) is 1. The Morgan fingerprint density at radius 1 is 1.08 bits per heavy atom. The molecule has 8 nitrogen and oxygen atoms in total. The van der Waals surface area contributed by atoms with Gasteiger partial charge in [-0.1, -0.05) is 0 Å². The van der Waals surface area contributed by atoms with Crippen LogP contribution in [-0.4, -0.2) is 58.9 Å². The Morgan fingerprint density at radius 2 is 1.96 bits per heavy atom. The third-order valence-corrected chi connectivity index (χ3v) is 4.55. The highest BCUT2D eigenvalue weighted by Gasteiger charge is 2.28. The van der Waals surface area contributed by atoms with Gasteiger partial charge in [-0.05, 0) is 24.6 Å². The molecule has 0 aliphatic carbocycles. The number of rotatable bonds is 4. The largest absolute Gasteiger partial charge is 0.379 e. The highest BCUT2D eigenvalue weighted by atomic mass is 16.5. The molecule has 26 heavy (non-hydrogen) atoms. The minimum Gasteiger partial charge on any atom is -0.379 e. The first-order chi connectivity index (χ1) is 12.8. The second kappa shape index (κ2) is 7.59. The smallest absolute Gasteiger partial charge is 0.130 e. The molecular weight excluding hydrogens is 330 g/mol. The lowest BCUT2D eigenvalue weighted by Crippen LogP contribution is -2.45. The van der Waals surface area contributed by atoms with E-state index < -0.39 is 0 Å². The first kappa shape index (κ1) is 16.6. The molecular formula is C18H21N7O. The fraction of sp³-hybridized carbons (Fsp3) is 0.333. The summed E-state index contributed by atoms with van der Waals surface area (Å²) in [7, 11) is 0. The molecule has 0 amide bonds. The van der Waals surface area contributed by atoms with Crippen LogP contribution in [-0.2, 0) is 4.74 Å². The van der Waals surface area contributed by atoms with Gasteiger partial charge < -0.3 is 15.1 Å². The maximum Gasteiger partial charge on any atom is 0.130 e. The average Bonchev–Trinajstić information content (AvgIpc) is 3.09. The monoisotopic (exact) mass is 351 g/mol. The van der Waals surface area contributed by atoms with Crippen molar-refractivity contribution in [3.63, 3.8) is 0 Å². The summed E-state index contributed by atoms with van der Waals surface area (Å²) in [5.74, 6) is 0.491. The molecule has 0 bridgehead atoms. The fourth-order valence-electron chi connectivity index (χ4n) is 3.21. The van der Waals surface area contributed by atoms with Crippen LogP contribution in [0.4, 0.5) is 5.69 Å². The highest BCUT2D eigenvalue weighted by molar-refractivity contribution is 6.14. The first-order valence-corrected chi connectivity index (χ1v) is 8.69. The van der Waals surface area contributed by atoms with Crippen molar-refractivity contribution in [2.45, 2.75) is 6.42 Å². The van der Waals surface area contributed by atoms with E-state index in [0.29, 0.717) is 19.0 Å². The predicted molar refractivity (Wildman–Crippen MR) is 98.4 cm³/mol. The highest BCUT2D eigenvalue weighted by Crippen LogP contribution is 2.29. The summed E-state index contributed by atoms with van der Waals surface area (Å²) in [6.07, 6.45) is 7.72. The van der Waals surface area contributed by atoms with Crippen LogP contribution in [0.1, 0.15) is 12.0 Å². The standard InChI is InChI=1S/C18H21N7O/c19-18-16(4-7-25(18)15-2-1-5-20-13-15)17(14-3-6-21-22-12-14)23-24-8-10-26-11-9-24/h1-3,5-6,12-13,19,23H,4,7-11H2/b17-16-,19-18?. The number of nitrogens with one attached hydrogen (secondary N) is 2. The Morgan fingerprint density at radius 3 is 2.69 bits per heavy atom. The van der Waals surface area contributed by atoms with Crippen molar-refractivity contribution in [3.05, 3.63) is 54.1 Å². The minimum atomic E-state index is 0.491. The van der Waals surface area contributed by atoms with Crippen molar-refractivity contribution in [2.75, 3.05) is 37.7 Å². The Kier molecular flexibility index (Phi) is 4.85. The number of hydrazine groups is 1. The van der Waals surface area contributed by atoms with Crippen LogP contribution in [0.5, 0.6) is 0 Å². The van der Waals surface area contributed by atoms with E-state index in [2.05, 4.69) is 25.6 Å². The van der Waals surface area contributed by atoms with Crippen LogP contribution < -0.4 is 10.3 Å². The van der Waals surface area contributed by atoms with Gasteiger partial charge in [0.2, 0.25) is 0 Å². The number of morpholine rings is 1. The SMILES string of the molecule is N=C1/C(=C(\NN2CCOCC2)c2ccnnc2)CCN1c1cccnc1. The molecule has 2 aliphatic heterocycles. The van der Waals surface area contributed by atoms with Gasteiger partial charge in [0.1, 0.15) is 5.84 Å². The average molecular weight is 351 g/mol. The molecule has 0 spiro atoms. The molecule has 8 heteroatoms. The van der Waals surface area contributed by atoms with Gasteiger partial charge in [0.15, 0.2) is 0 Å². The Balaban J connectivity index is 1.67. The minimum absolute atomic E-state index is 0.491. The lowest BCUT2D eigenvalue weighted by Gasteiger charge is -2.30. The predicted octanol–water partition coefficient (Wildman–Crippen LogP) is 1.31. The summed E-state index contributed by atoms with van der Waals surface area (Å²) < 4.78 is 5.43. The molecule has 134 valence electrons. The molecule has 4 rings (SSSR count). The lowest BCUT2D eigenvalue weighted by molar-refractivity contribution is 0.0229. The van der Waals surface area contributed by atoms with Crippen molar-refractivity contribution in [1.29, 1.82) is 5.41 Å². The van der Waals surface area contributed by atoms with E-state index in [1.807, 2.05) is 23.1 Å². The number of anilines is 1. The first-order valence-electron chi connectivity index (χ1n) is 8.69. The number of aromatic nitrogens is 3. The molecule has 2 aliphatic rings. The topological polar surface area (TPSA) is 90.3 Å². The van der Waals surface area contributed by atoms with Gasteiger partial charge in [-0.2, -0.15) is 10.2 Å². The zero-order valence-corrected chi connectivity index (χ0v) is 14.4. The van der Waals surface area contributed by atoms with Crippen molar-refractivity contribution < 1.29 is 4.74 Å². The summed E-state index contributed by atoms with van der Waals surface area (Å²) in [5, 5.41) is 18.7. The third kappa shape index (κ3) is 3.42. The van der Waals surface area contributed by atoms with Crippen molar-refractivity contribution in [3.8, 4) is 0 Å². The van der Waals surface area contributed by atoms with Crippen molar-refractivity contribution in [2.24, 2.45) is 0 Å². The Bertz CT molecular complexity index is 788. The van der Waals surface area contributed by atoms with E-state index in [-0.39, 0.29) is 0 Å². The van der Waals surface area contributed by atoms with Crippen molar-refractivity contribution in [1.82, 2.24) is 25.6 Å². The Labute approximate surface area is 152 Å². The maximum atomic E-state index is 8.72. The fourth-order valence-corrected chi connectivity index (χ4v) is 3.21. The number of pyridine rings is 1. The van der Waals surface area contributed by atoms with Crippen LogP contribution in [0, 0.1) is 5.41 Å². The number of nitrogens with zero attached hydrogens (tertiary/aromatic N) is 5. The molecule has 0 saturated carbocycles. The molecule has 2 fully saturated rings. The number of hydrogen-bond acceptors (Lipinski definition) is 7. The summed E-state index contributed by atoms with van der Waals surface area (Å²) in [6, 6.07) is 5.79. The molecule has 0 aromatic carbocycles. The van der Waals surface area contributed by atoms with E-state index >= 15 is 0 Å². The van der Waals surface area contributed by atoms with Crippen LogP contribution >= 0.6 is 0 Å². The second-order valence-corrected chi connectivity index (χ2v) is 6.16. The van der Waals surface area contributed by atoms with E-state index in [0.717, 1.165) is 48.6 Å². The van der Waals surface area contributed by atoms with Gasteiger partial charge in [0.05, 0.1) is 43.2 Å². The summed E-state index contributed by atoms with van der Waals surface area (Å²) >= 11 is 0. The molecule has 2 aromatic rings. The third-order valence-electron chi connectivity index (χ3n) is 4.55. The number of hydrogen-bond donors (Lipinski definition) is 2. The van der Waals surface area contributed by atoms with E-state index in [9.17, 15) is 0 Å². The van der Waals surface area contributed by atoms with Crippen LogP contribution in [0.15, 0.2) is 48.6 Å². The van der Waals surface area contributed by atoms with E-state index in [4.69, 9.17) is 10.1 Å². The maximum absolute atomic E-state index is 8.72. The summed E-state index contributed by atoms with van der Waals surface area (Å²) in [5.41, 5.74) is 7.25. The Hall–Kier alpha value is -2.84. The molecule has 0 atom stereocenters. The van der Waals surface area contributed by atoms with E-state index in [1.165, 1.54) is 0 Å². The van der Waals surface area contributed by atoms with Crippen LogP contribution in [0.2, 0.25) is 0 Å². The zero-order chi connectivity index (χ0) is 17.8. The molecule has 0 radical (unpaired) electrons. The number of amidine groups is 1. The summed E-state index contributed by atoms with van der Waals surface area (Å²) in [6.45, 7) is 3.75. The summed E-state index contributed by atoms with van der Waals surface area (Å²) in [4.78, 5) is 6.16. The van der Waals surface area contributed by atoms with Gasteiger partial charge in [-0.3, -0.25) is 10.4 Å². The van der Waals surface area contributed by atoms with Crippen molar-refractivity contribution >= 4 is 17.2 Å². The van der Waals surface area contributed by atoms with E-state index in [1.54, 1.807) is 24.8 Å². The van der Waals surface area contributed by atoms with Crippen LogP contribution in [0.3, 0.4) is 0 Å². The van der Waals surface area contributed by atoms with Gasteiger partial charge in [-0.25, -0.2) is 5.01 Å². The van der Waals surface area contributed by atoms with Gasteiger partial charge in [0.25, 0.3) is 0 Å². The van der Waals surface area contributed by atoms with Gasteiger partial charge in [-0.15, -0.1) is 0 Å². The molecule has 0 unspecified atom stereocenters. The quantitative estimate of drug-likeness (QED) is 0.858. The molecule has 4 heterocycles. The zero-order valence-electron chi connectivity index (χ0n) is 14.4. The second-order valence-electron chi connectivity index (χ2n) is 6.16. The lowest BCUT2D eigenvalue weighted by atomic mass is 10.1. The van der Waals surface area contributed by atoms with Gasteiger partial charge in [0, 0.05) is 37.0 Å².